The predicted molar refractivity (Wildman–Crippen MR) is 47.3 cm³/mol. The summed E-state index contributed by atoms with van der Waals surface area (Å²) in [6, 6.07) is 0. The van der Waals surface area contributed by atoms with Gasteiger partial charge in [-0.25, -0.2) is 0 Å². The van der Waals surface area contributed by atoms with E-state index in [1.165, 1.54) is 5.57 Å². The van der Waals surface area contributed by atoms with Crippen LogP contribution in [0, 0.1) is 5.92 Å². The van der Waals surface area contributed by atoms with Crippen molar-refractivity contribution in [1.29, 1.82) is 0 Å². The molecular weight excluding hydrogens is 136 g/mol. The lowest BCUT2D eigenvalue weighted by Gasteiger charge is -2.27. The summed E-state index contributed by atoms with van der Waals surface area (Å²) in [7, 11) is 0. The molecule has 0 amide bonds. The Balaban J connectivity index is 2.52. The van der Waals surface area contributed by atoms with E-state index >= 15 is 0 Å². The van der Waals surface area contributed by atoms with E-state index in [0.717, 1.165) is 24.8 Å². The summed E-state index contributed by atoms with van der Waals surface area (Å²) in [6.45, 7) is 9.74. The van der Waals surface area contributed by atoms with Crippen molar-refractivity contribution in [1.82, 2.24) is 0 Å². The van der Waals surface area contributed by atoms with E-state index in [9.17, 15) is 5.11 Å². The zero-order valence-corrected chi connectivity index (χ0v) is 7.14. The molecule has 1 saturated carbocycles. The number of hydrogen-bond donors (Lipinski definition) is 1. The molecule has 0 bridgehead atoms. The monoisotopic (exact) mass is 152 g/mol. The Morgan fingerprint density at radius 1 is 1.64 bits per heavy atom. The highest BCUT2D eigenvalue weighted by atomic mass is 16.3. The van der Waals surface area contributed by atoms with Crippen molar-refractivity contribution in [2.24, 2.45) is 5.92 Å². The third-order valence-electron chi connectivity index (χ3n) is 2.49. The van der Waals surface area contributed by atoms with Crippen molar-refractivity contribution in [3.8, 4) is 0 Å². The lowest BCUT2D eigenvalue weighted by atomic mass is 9.81. The largest absolute Gasteiger partial charge is 0.389 e. The Morgan fingerprint density at radius 2 is 2.27 bits per heavy atom. The lowest BCUT2D eigenvalue weighted by molar-refractivity contribution is 0.159. The Labute approximate surface area is 68.4 Å². The molecule has 1 aliphatic rings. The molecule has 1 N–H and O–H groups in total. The highest BCUT2D eigenvalue weighted by molar-refractivity contribution is 5.11. The first-order valence-corrected chi connectivity index (χ1v) is 4.12. The van der Waals surface area contributed by atoms with E-state index in [-0.39, 0.29) is 6.10 Å². The van der Waals surface area contributed by atoms with Gasteiger partial charge in [-0.3, -0.25) is 0 Å². The van der Waals surface area contributed by atoms with Gasteiger partial charge in [-0.2, -0.15) is 0 Å². The van der Waals surface area contributed by atoms with E-state index < -0.39 is 0 Å². The van der Waals surface area contributed by atoms with Gasteiger partial charge in [-0.1, -0.05) is 18.7 Å². The second-order valence-corrected chi connectivity index (χ2v) is 3.49. The van der Waals surface area contributed by atoms with E-state index in [2.05, 4.69) is 13.2 Å². The number of aliphatic hydroxyl groups excluding tert-OH is 1. The van der Waals surface area contributed by atoms with Gasteiger partial charge < -0.3 is 5.11 Å². The summed E-state index contributed by atoms with van der Waals surface area (Å²) in [5.74, 6) is 0.510. The quantitative estimate of drug-likeness (QED) is 0.571. The molecule has 0 aromatic carbocycles. The standard InChI is InChI=1S/C10H16O/c1-7(2)9-5-4-8(3)10(11)6-9/h9-11H,1,3-6H2,2H3/t9-,10-/m1/s1. The average molecular weight is 152 g/mol. The van der Waals surface area contributed by atoms with Crippen LogP contribution in [0.5, 0.6) is 0 Å². The molecule has 0 unspecified atom stereocenters. The van der Waals surface area contributed by atoms with Crippen LogP contribution in [0.15, 0.2) is 24.3 Å². The van der Waals surface area contributed by atoms with Crippen LogP contribution in [0.1, 0.15) is 26.2 Å². The van der Waals surface area contributed by atoms with Gasteiger partial charge in [-0.05, 0) is 37.7 Å². The van der Waals surface area contributed by atoms with Crippen LogP contribution < -0.4 is 0 Å². The molecule has 62 valence electrons. The van der Waals surface area contributed by atoms with Crippen molar-refractivity contribution in [3.63, 3.8) is 0 Å². The second kappa shape index (κ2) is 3.22. The molecule has 11 heavy (non-hydrogen) atoms. The van der Waals surface area contributed by atoms with Gasteiger partial charge in [0.1, 0.15) is 0 Å². The van der Waals surface area contributed by atoms with Crippen molar-refractivity contribution >= 4 is 0 Å². The maximum absolute atomic E-state index is 9.46. The fourth-order valence-corrected chi connectivity index (χ4v) is 1.53. The van der Waals surface area contributed by atoms with Crippen LogP contribution in [0.2, 0.25) is 0 Å². The number of rotatable bonds is 1. The fourth-order valence-electron chi connectivity index (χ4n) is 1.53. The smallest absolute Gasteiger partial charge is 0.0753 e. The van der Waals surface area contributed by atoms with Crippen molar-refractivity contribution in [2.75, 3.05) is 0 Å². The van der Waals surface area contributed by atoms with E-state index in [0.29, 0.717) is 5.92 Å². The maximum atomic E-state index is 9.46. The highest BCUT2D eigenvalue weighted by Crippen LogP contribution is 2.31. The Hall–Kier alpha value is -0.560. The van der Waals surface area contributed by atoms with Crippen LogP contribution in [-0.4, -0.2) is 11.2 Å². The first-order chi connectivity index (χ1) is 5.11. The summed E-state index contributed by atoms with van der Waals surface area (Å²) in [5, 5.41) is 9.46. The summed E-state index contributed by atoms with van der Waals surface area (Å²) in [4.78, 5) is 0. The predicted octanol–water partition coefficient (Wildman–Crippen LogP) is 2.28. The first kappa shape index (κ1) is 8.54. The molecule has 0 aliphatic heterocycles. The van der Waals surface area contributed by atoms with Crippen LogP contribution in [0.3, 0.4) is 0 Å². The minimum absolute atomic E-state index is 0.287. The van der Waals surface area contributed by atoms with E-state index in [1.807, 2.05) is 6.92 Å². The summed E-state index contributed by atoms with van der Waals surface area (Å²) in [6.07, 6.45) is 2.61. The first-order valence-electron chi connectivity index (χ1n) is 4.12. The number of allylic oxidation sites excluding steroid dienone is 1. The zero-order valence-electron chi connectivity index (χ0n) is 7.14. The van der Waals surface area contributed by atoms with E-state index in [4.69, 9.17) is 0 Å². The average Bonchev–Trinajstić information content (AvgIpc) is 1.94. The van der Waals surface area contributed by atoms with E-state index in [1.54, 1.807) is 0 Å². The Morgan fingerprint density at radius 3 is 2.73 bits per heavy atom. The molecule has 1 fully saturated rings. The SMILES string of the molecule is C=C(C)[C@@H]1CCC(=C)[C@H](O)C1. The van der Waals surface area contributed by atoms with Crippen LogP contribution in [0.4, 0.5) is 0 Å². The van der Waals surface area contributed by atoms with Crippen LogP contribution >= 0.6 is 0 Å². The van der Waals surface area contributed by atoms with Gasteiger partial charge in [0.2, 0.25) is 0 Å². The summed E-state index contributed by atoms with van der Waals surface area (Å²) in [5.41, 5.74) is 2.18. The molecule has 2 atom stereocenters. The normalized spacial score (nSPS) is 32.0. The molecule has 0 saturated heterocycles. The number of aliphatic hydroxyl groups is 1. The highest BCUT2D eigenvalue weighted by Gasteiger charge is 2.22. The molecule has 0 radical (unpaired) electrons. The molecule has 0 aromatic rings. The molecule has 1 rings (SSSR count). The molecule has 1 nitrogen and oxygen atoms in total. The molecule has 0 heterocycles. The fraction of sp³-hybridized carbons (Fsp3) is 0.600. The zero-order chi connectivity index (χ0) is 8.43. The van der Waals surface area contributed by atoms with Crippen molar-refractivity contribution < 1.29 is 5.11 Å². The molecular formula is C10H16O. The third-order valence-corrected chi connectivity index (χ3v) is 2.49. The van der Waals surface area contributed by atoms with Gasteiger partial charge in [-0.15, -0.1) is 0 Å². The Bertz CT molecular complexity index is 181. The lowest BCUT2D eigenvalue weighted by Crippen LogP contribution is -2.22. The molecule has 1 aliphatic carbocycles. The molecule has 0 spiro atoms. The molecule has 0 aromatic heterocycles. The second-order valence-electron chi connectivity index (χ2n) is 3.49. The van der Waals surface area contributed by atoms with Crippen molar-refractivity contribution in [3.05, 3.63) is 24.3 Å². The van der Waals surface area contributed by atoms with Gasteiger partial charge in [0.25, 0.3) is 0 Å². The maximum Gasteiger partial charge on any atom is 0.0753 e. The third kappa shape index (κ3) is 1.93. The minimum atomic E-state index is -0.287. The van der Waals surface area contributed by atoms with Gasteiger partial charge in [0.15, 0.2) is 0 Å². The van der Waals surface area contributed by atoms with Gasteiger partial charge >= 0.3 is 0 Å². The summed E-state index contributed by atoms with van der Waals surface area (Å²) < 4.78 is 0. The minimum Gasteiger partial charge on any atom is -0.389 e. The number of hydrogen-bond acceptors (Lipinski definition) is 1. The molecule has 1 heteroatoms. The van der Waals surface area contributed by atoms with Gasteiger partial charge in [0, 0.05) is 0 Å². The Kier molecular flexibility index (Phi) is 2.50. The van der Waals surface area contributed by atoms with Crippen LogP contribution in [0.25, 0.3) is 0 Å². The van der Waals surface area contributed by atoms with Crippen molar-refractivity contribution in [2.45, 2.75) is 32.3 Å². The summed E-state index contributed by atoms with van der Waals surface area (Å²) >= 11 is 0. The van der Waals surface area contributed by atoms with Crippen LogP contribution in [-0.2, 0) is 0 Å². The topological polar surface area (TPSA) is 20.2 Å². The van der Waals surface area contributed by atoms with Gasteiger partial charge in [0.05, 0.1) is 6.10 Å².